The molecule has 1 saturated heterocycles. The van der Waals surface area contributed by atoms with Gasteiger partial charge in [-0.25, -0.2) is 4.94 Å². The number of hydrogen-bond acceptors (Lipinski definition) is 7. The molecule has 2 heterocycles. The zero-order valence-corrected chi connectivity index (χ0v) is 24.1. The van der Waals surface area contributed by atoms with Crippen molar-refractivity contribution in [3.8, 4) is 0 Å². The zero-order valence-electron chi connectivity index (χ0n) is 24.1. The second-order valence-corrected chi connectivity index (χ2v) is 9.03. The van der Waals surface area contributed by atoms with Crippen LogP contribution in [0.15, 0.2) is 88.6 Å². The lowest BCUT2D eigenvalue weighted by molar-refractivity contribution is -0.226. The van der Waals surface area contributed by atoms with Crippen LogP contribution < -0.4 is 11.2 Å². The SMILES string of the molecule is CC.CF.Cc1ccc(CNON2CCCC(C3=CC(c4ccccc4)=NCN3C(C)/N=C\C=C/N)C2)cc1. The predicted octanol–water partition coefficient (Wildman–Crippen LogP) is 5.79. The molecule has 3 N–H and O–H groups in total. The Hall–Kier alpha value is -3.33. The van der Waals surface area contributed by atoms with Gasteiger partial charge < -0.3 is 10.6 Å². The molecule has 2 aliphatic rings. The van der Waals surface area contributed by atoms with Crippen molar-refractivity contribution in [1.29, 1.82) is 0 Å². The molecule has 2 atom stereocenters. The average molecular weight is 537 g/mol. The molecule has 8 heteroatoms. The van der Waals surface area contributed by atoms with E-state index in [0.717, 1.165) is 37.2 Å². The van der Waals surface area contributed by atoms with Crippen molar-refractivity contribution >= 4 is 11.9 Å². The quantitative estimate of drug-likeness (QED) is 0.313. The van der Waals surface area contributed by atoms with Crippen molar-refractivity contribution < 1.29 is 9.33 Å². The van der Waals surface area contributed by atoms with Gasteiger partial charge in [0.15, 0.2) is 0 Å². The van der Waals surface area contributed by atoms with Crippen molar-refractivity contribution in [2.24, 2.45) is 21.6 Å². The van der Waals surface area contributed by atoms with E-state index in [1.807, 2.05) is 25.0 Å². The van der Waals surface area contributed by atoms with Crippen LogP contribution in [0, 0.1) is 12.8 Å². The molecule has 2 unspecified atom stereocenters. The summed E-state index contributed by atoms with van der Waals surface area (Å²) in [5.74, 6) is 0.321. The first-order chi connectivity index (χ1) is 19.1. The fourth-order valence-electron chi connectivity index (χ4n) is 4.46. The van der Waals surface area contributed by atoms with Crippen molar-refractivity contribution in [1.82, 2.24) is 15.4 Å². The highest BCUT2D eigenvalue weighted by molar-refractivity contribution is 6.09. The maximum atomic E-state index is 9.50. The molecule has 1 fully saturated rings. The molecule has 4 rings (SSSR count). The van der Waals surface area contributed by atoms with Crippen LogP contribution in [0.5, 0.6) is 0 Å². The molecule has 7 nitrogen and oxygen atoms in total. The maximum Gasteiger partial charge on any atom is 0.119 e. The molecule has 2 aliphatic heterocycles. The van der Waals surface area contributed by atoms with Gasteiger partial charge in [0.1, 0.15) is 12.8 Å². The molecular weight excluding hydrogens is 491 g/mol. The van der Waals surface area contributed by atoms with E-state index < -0.39 is 0 Å². The second kappa shape index (κ2) is 18.0. The normalized spacial score (nSPS) is 18.5. The molecule has 212 valence electrons. The highest BCUT2D eigenvalue weighted by atomic mass is 19.1. The number of halogens is 1. The first kappa shape index (κ1) is 31.9. The molecule has 0 radical (unpaired) electrons. The minimum absolute atomic E-state index is 0.0468. The highest BCUT2D eigenvalue weighted by Gasteiger charge is 2.31. The summed E-state index contributed by atoms with van der Waals surface area (Å²) in [5.41, 5.74) is 14.5. The van der Waals surface area contributed by atoms with Crippen LogP contribution >= 0.6 is 0 Å². The van der Waals surface area contributed by atoms with Gasteiger partial charge in [0.2, 0.25) is 0 Å². The molecule has 2 aromatic carbocycles. The van der Waals surface area contributed by atoms with Crippen molar-refractivity contribution in [3.63, 3.8) is 0 Å². The van der Waals surface area contributed by atoms with Crippen LogP contribution in [0.1, 0.15) is 50.3 Å². The summed E-state index contributed by atoms with van der Waals surface area (Å²) in [6.45, 7) is 11.1. The number of allylic oxidation sites excluding steroid dienone is 2. The Balaban J connectivity index is 0.00000127. The number of nitrogens with one attached hydrogen (secondary N) is 1. The van der Waals surface area contributed by atoms with Crippen molar-refractivity contribution in [2.45, 2.75) is 53.2 Å². The van der Waals surface area contributed by atoms with Gasteiger partial charge in [-0.3, -0.25) is 14.4 Å². The fraction of sp³-hybridized carbons (Fsp3) is 0.419. The molecule has 0 aliphatic carbocycles. The van der Waals surface area contributed by atoms with Crippen LogP contribution in [0.3, 0.4) is 0 Å². The Morgan fingerprint density at radius 3 is 2.56 bits per heavy atom. The van der Waals surface area contributed by atoms with Crippen molar-refractivity contribution in [2.75, 3.05) is 26.9 Å². The van der Waals surface area contributed by atoms with Gasteiger partial charge in [-0.15, -0.1) is 0 Å². The smallest absolute Gasteiger partial charge is 0.119 e. The first-order valence-corrected chi connectivity index (χ1v) is 13.7. The third kappa shape index (κ3) is 10.1. The number of rotatable bonds is 9. The van der Waals surface area contributed by atoms with E-state index in [4.69, 9.17) is 15.7 Å². The maximum absolute atomic E-state index is 9.50. The van der Waals surface area contributed by atoms with Gasteiger partial charge in [-0.1, -0.05) is 74.0 Å². The lowest BCUT2D eigenvalue weighted by Crippen LogP contribution is -2.44. The molecule has 0 aromatic heterocycles. The molecule has 39 heavy (non-hydrogen) atoms. The fourth-order valence-corrected chi connectivity index (χ4v) is 4.46. The van der Waals surface area contributed by atoms with E-state index in [1.54, 1.807) is 12.3 Å². The Labute approximate surface area is 233 Å². The number of aliphatic imine (C=N–C) groups is 2. The number of aryl methyl sites for hydroxylation is 1. The number of hydroxylamine groups is 3. The standard InChI is InChI=1S/C28H36N6O.C2H6.CH3F/c1-22-11-13-24(14-12-22)19-32-35-33-17-6-10-26(20-33)28-18-27(25-8-4-3-5-9-25)31-21-34(28)23(2)30-16-7-15-29;2*1-2/h3-5,7-9,11-16,18,23,26,32H,6,10,17,19-21,29H2,1-2H3;1-2H3;1H3/b15-7-,30-16-;;. The average Bonchev–Trinajstić information content (AvgIpc) is 3.00. The highest BCUT2D eigenvalue weighted by Crippen LogP contribution is 2.30. The van der Waals surface area contributed by atoms with E-state index in [9.17, 15) is 4.39 Å². The number of benzene rings is 2. The summed E-state index contributed by atoms with van der Waals surface area (Å²) in [7, 11) is 0.500. The Kier molecular flexibility index (Phi) is 14.8. The topological polar surface area (TPSA) is 78.5 Å². The first-order valence-electron chi connectivity index (χ1n) is 13.7. The summed E-state index contributed by atoms with van der Waals surface area (Å²) in [4.78, 5) is 17.8. The van der Waals surface area contributed by atoms with Gasteiger partial charge in [0, 0.05) is 37.5 Å². The van der Waals surface area contributed by atoms with Crippen LogP contribution in [0.2, 0.25) is 0 Å². The summed E-state index contributed by atoms with van der Waals surface area (Å²) < 4.78 is 9.50. The predicted molar refractivity (Wildman–Crippen MR) is 161 cm³/mol. The molecule has 2 aromatic rings. The van der Waals surface area contributed by atoms with E-state index in [2.05, 4.69) is 83.8 Å². The summed E-state index contributed by atoms with van der Waals surface area (Å²) in [6, 6.07) is 18.9. The largest absolute Gasteiger partial charge is 0.405 e. The number of nitrogens with two attached hydrogens (primary N) is 1. The van der Waals surface area contributed by atoms with E-state index >= 15 is 0 Å². The second-order valence-electron chi connectivity index (χ2n) is 9.03. The number of nitrogens with zero attached hydrogens (tertiary/aromatic N) is 4. The lowest BCUT2D eigenvalue weighted by Gasteiger charge is -2.40. The third-order valence-corrected chi connectivity index (χ3v) is 6.42. The molecule has 0 bridgehead atoms. The van der Waals surface area contributed by atoms with E-state index in [0.29, 0.717) is 26.3 Å². The summed E-state index contributed by atoms with van der Waals surface area (Å²) in [6.07, 6.45) is 9.35. The lowest BCUT2D eigenvalue weighted by atomic mass is 9.92. The van der Waals surface area contributed by atoms with E-state index in [1.165, 1.54) is 23.0 Å². The Bertz CT molecular complexity index is 1070. The summed E-state index contributed by atoms with van der Waals surface area (Å²) in [5, 5.41) is 2.04. The summed E-state index contributed by atoms with van der Waals surface area (Å²) >= 11 is 0. The third-order valence-electron chi connectivity index (χ3n) is 6.42. The molecular formula is C31H45FN6O. The zero-order chi connectivity index (χ0) is 28.5. The van der Waals surface area contributed by atoms with Crippen LogP contribution in [0.4, 0.5) is 4.39 Å². The molecule has 0 spiro atoms. The number of alkyl halides is 1. The minimum atomic E-state index is -0.0468. The Morgan fingerprint density at radius 2 is 1.87 bits per heavy atom. The van der Waals surface area contributed by atoms with Crippen LogP contribution in [-0.4, -0.2) is 55.0 Å². The van der Waals surface area contributed by atoms with Gasteiger partial charge in [0.25, 0.3) is 0 Å². The van der Waals surface area contributed by atoms with Gasteiger partial charge >= 0.3 is 0 Å². The van der Waals surface area contributed by atoms with E-state index in [-0.39, 0.29) is 6.17 Å². The van der Waals surface area contributed by atoms with Gasteiger partial charge in [-0.05, 0) is 56.2 Å². The number of piperidine rings is 1. The molecule has 0 saturated carbocycles. The van der Waals surface area contributed by atoms with Crippen molar-refractivity contribution in [3.05, 3.63) is 95.3 Å². The van der Waals surface area contributed by atoms with Crippen LogP contribution in [0.25, 0.3) is 0 Å². The minimum Gasteiger partial charge on any atom is -0.405 e. The Morgan fingerprint density at radius 1 is 1.15 bits per heavy atom. The van der Waals surface area contributed by atoms with Crippen LogP contribution in [-0.2, 0) is 11.5 Å². The number of hydrogen-bond donors (Lipinski definition) is 2. The monoisotopic (exact) mass is 536 g/mol. The van der Waals surface area contributed by atoms with Gasteiger partial charge in [0.05, 0.1) is 12.9 Å². The van der Waals surface area contributed by atoms with Gasteiger partial charge in [-0.2, -0.15) is 10.5 Å². The molecule has 0 amide bonds.